The molecule has 3 rings (SSSR count). The topological polar surface area (TPSA) is 104 Å². The van der Waals surface area contributed by atoms with E-state index in [1.54, 1.807) is 55.7 Å². The summed E-state index contributed by atoms with van der Waals surface area (Å²) in [5.41, 5.74) is 2.58. The van der Waals surface area contributed by atoms with E-state index in [0.717, 1.165) is 5.56 Å². The first kappa shape index (κ1) is 16.6. The van der Waals surface area contributed by atoms with Gasteiger partial charge in [-0.25, -0.2) is 4.79 Å². The molecule has 1 aliphatic heterocycles. The number of rotatable bonds is 1. The number of amides is 2. The Hall–Kier alpha value is -3.22. The van der Waals surface area contributed by atoms with Gasteiger partial charge in [0.2, 0.25) is 5.91 Å². The first-order chi connectivity index (χ1) is 12.0. The molecule has 2 amide bonds. The van der Waals surface area contributed by atoms with Gasteiger partial charge in [-0.05, 0) is 30.7 Å². The van der Waals surface area contributed by atoms with E-state index < -0.39 is 12.1 Å². The second kappa shape index (κ2) is 7.12. The van der Waals surface area contributed by atoms with Crippen LogP contribution >= 0.6 is 0 Å². The van der Waals surface area contributed by atoms with Crippen LogP contribution < -0.4 is 10.6 Å². The minimum atomic E-state index is -1.12. The van der Waals surface area contributed by atoms with Crippen molar-refractivity contribution in [1.29, 1.82) is 0 Å². The molecule has 25 heavy (non-hydrogen) atoms. The van der Waals surface area contributed by atoms with E-state index in [0.29, 0.717) is 23.5 Å². The van der Waals surface area contributed by atoms with E-state index in [4.69, 9.17) is 5.11 Å². The molecule has 0 saturated heterocycles. The molecule has 3 heterocycles. The third kappa shape index (κ3) is 3.82. The number of anilines is 1. The smallest absolute Gasteiger partial charge is 0.405 e. The minimum absolute atomic E-state index is 0.150. The number of nitrogens with one attached hydrogen (secondary N) is 2. The number of nitrogens with zero attached hydrogens (tertiary/aromatic N) is 2. The van der Waals surface area contributed by atoms with Gasteiger partial charge in [0.25, 0.3) is 0 Å². The van der Waals surface area contributed by atoms with Crippen LogP contribution in [0.25, 0.3) is 11.3 Å². The van der Waals surface area contributed by atoms with Crippen LogP contribution in [0.3, 0.4) is 0 Å². The summed E-state index contributed by atoms with van der Waals surface area (Å²) in [5, 5.41) is 14.5. The highest BCUT2D eigenvalue weighted by Gasteiger charge is 2.19. The molecule has 0 aromatic carbocycles. The molecule has 7 heteroatoms. The second-order valence-corrected chi connectivity index (χ2v) is 5.81. The largest absolute Gasteiger partial charge is 0.465 e. The maximum absolute atomic E-state index is 12.4. The molecule has 128 valence electrons. The molecule has 0 radical (unpaired) electrons. The Morgan fingerprint density at radius 3 is 2.96 bits per heavy atom. The molecule has 0 saturated carbocycles. The molecular formula is C18H18N4O3. The number of fused-ring (bicyclic) bond motifs is 4. The summed E-state index contributed by atoms with van der Waals surface area (Å²) < 4.78 is 0. The first-order valence-corrected chi connectivity index (χ1v) is 7.93. The van der Waals surface area contributed by atoms with E-state index in [-0.39, 0.29) is 11.8 Å². The van der Waals surface area contributed by atoms with Crippen molar-refractivity contribution >= 4 is 17.7 Å². The number of carbonyl (C=O) groups is 2. The van der Waals surface area contributed by atoms with Crippen molar-refractivity contribution in [3.8, 4) is 11.3 Å². The summed E-state index contributed by atoms with van der Waals surface area (Å²) in [6.07, 6.45) is 6.09. The maximum Gasteiger partial charge on any atom is 0.405 e. The number of aromatic nitrogens is 2. The lowest BCUT2D eigenvalue weighted by atomic mass is 10.0. The van der Waals surface area contributed by atoms with Crippen LogP contribution in [0.5, 0.6) is 0 Å². The van der Waals surface area contributed by atoms with Gasteiger partial charge in [0.15, 0.2) is 0 Å². The zero-order valence-corrected chi connectivity index (χ0v) is 13.6. The van der Waals surface area contributed by atoms with Crippen molar-refractivity contribution in [3.05, 3.63) is 54.5 Å². The molecule has 0 fully saturated rings. The summed E-state index contributed by atoms with van der Waals surface area (Å²) in [5.74, 6) is -0.507. The monoisotopic (exact) mass is 338 g/mol. The third-order valence-electron chi connectivity index (χ3n) is 3.98. The van der Waals surface area contributed by atoms with Gasteiger partial charge in [-0.15, -0.1) is 0 Å². The molecule has 2 aromatic heterocycles. The Kier molecular flexibility index (Phi) is 4.74. The number of carboxylic acid groups (broad SMARTS) is 1. The Morgan fingerprint density at radius 1 is 1.32 bits per heavy atom. The number of carbonyl (C=O) groups excluding carboxylic acids is 1. The standard InChI is InChI=1S/C18H18N4O3/c1-11-4-2-5-13(22-18(24)25)15-10-12(7-9-19-15)16-14(21-17(11)23)6-3-8-20-16/h2-4,6-11,13,22H,5H2,1H3,(H,21,23)(H,24,25)/b4-2+/t11-,13+/m1/s1. The number of hydrogen-bond acceptors (Lipinski definition) is 4. The van der Waals surface area contributed by atoms with Gasteiger partial charge in [-0.3, -0.25) is 14.8 Å². The van der Waals surface area contributed by atoms with E-state index in [1.165, 1.54) is 0 Å². The molecular weight excluding hydrogens is 320 g/mol. The van der Waals surface area contributed by atoms with Gasteiger partial charge < -0.3 is 15.7 Å². The molecule has 0 unspecified atom stereocenters. The van der Waals surface area contributed by atoms with Gasteiger partial charge in [-0.1, -0.05) is 19.1 Å². The van der Waals surface area contributed by atoms with Crippen LogP contribution in [0.4, 0.5) is 10.5 Å². The van der Waals surface area contributed by atoms with Crippen molar-refractivity contribution in [2.24, 2.45) is 5.92 Å². The Bertz CT molecular complexity index is 835. The fourth-order valence-corrected chi connectivity index (χ4v) is 2.68. The lowest BCUT2D eigenvalue weighted by molar-refractivity contribution is -0.118. The van der Waals surface area contributed by atoms with Crippen LogP contribution in [0.1, 0.15) is 25.1 Å². The molecule has 2 atom stereocenters. The lowest BCUT2D eigenvalue weighted by Gasteiger charge is -2.18. The highest BCUT2D eigenvalue weighted by atomic mass is 16.4. The number of hydrogen-bond donors (Lipinski definition) is 3. The van der Waals surface area contributed by atoms with Crippen molar-refractivity contribution in [1.82, 2.24) is 15.3 Å². The SMILES string of the molecule is C[C@@H]1/C=C/C[C@H](NC(=O)O)c2cc(ccn2)-c2ncccc2NC1=O. The van der Waals surface area contributed by atoms with E-state index in [9.17, 15) is 9.59 Å². The van der Waals surface area contributed by atoms with Gasteiger partial charge in [0, 0.05) is 18.0 Å². The van der Waals surface area contributed by atoms with E-state index >= 15 is 0 Å². The van der Waals surface area contributed by atoms with E-state index in [1.807, 2.05) is 0 Å². The third-order valence-corrected chi connectivity index (χ3v) is 3.98. The van der Waals surface area contributed by atoms with Crippen molar-refractivity contribution < 1.29 is 14.7 Å². The zero-order chi connectivity index (χ0) is 17.8. The maximum atomic E-state index is 12.4. The van der Waals surface area contributed by atoms with Crippen LogP contribution in [0.2, 0.25) is 0 Å². The fourth-order valence-electron chi connectivity index (χ4n) is 2.68. The molecule has 0 aliphatic carbocycles. The van der Waals surface area contributed by atoms with Crippen molar-refractivity contribution in [2.75, 3.05) is 5.32 Å². The van der Waals surface area contributed by atoms with Crippen LogP contribution in [0, 0.1) is 5.92 Å². The van der Waals surface area contributed by atoms with E-state index in [2.05, 4.69) is 20.6 Å². The highest BCUT2D eigenvalue weighted by molar-refractivity contribution is 5.96. The van der Waals surface area contributed by atoms with Crippen LogP contribution in [0.15, 0.2) is 48.8 Å². The quantitative estimate of drug-likeness (QED) is 0.693. The average Bonchev–Trinajstić information content (AvgIpc) is 2.60. The Balaban J connectivity index is 2.12. The highest BCUT2D eigenvalue weighted by Crippen LogP contribution is 2.28. The summed E-state index contributed by atoms with van der Waals surface area (Å²) in [6, 6.07) is 6.61. The minimum Gasteiger partial charge on any atom is -0.465 e. The second-order valence-electron chi connectivity index (χ2n) is 5.81. The van der Waals surface area contributed by atoms with Crippen molar-refractivity contribution in [2.45, 2.75) is 19.4 Å². The summed E-state index contributed by atoms with van der Waals surface area (Å²) in [7, 11) is 0. The van der Waals surface area contributed by atoms with Crippen LogP contribution in [-0.2, 0) is 4.79 Å². The van der Waals surface area contributed by atoms with Gasteiger partial charge in [0.05, 0.1) is 29.0 Å². The van der Waals surface area contributed by atoms with Gasteiger partial charge in [0.1, 0.15) is 0 Å². The van der Waals surface area contributed by atoms with Crippen LogP contribution in [-0.4, -0.2) is 27.1 Å². The Labute approximate surface area is 144 Å². The summed E-state index contributed by atoms with van der Waals surface area (Å²) in [4.78, 5) is 32.2. The lowest BCUT2D eigenvalue weighted by Crippen LogP contribution is -2.27. The fraction of sp³-hybridized carbons (Fsp3) is 0.222. The molecule has 3 N–H and O–H groups in total. The molecule has 7 nitrogen and oxygen atoms in total. The van der Waals surface area contributed by atoms with Gasteiger partial charge >= 0.3 is 6.09 Å². The molecule has 1 aliphatic rings. The average molecular weight is 338 g/mol. The predicted molar refractivity (Wildman–Crippen MR) is 92.9 cm³/mol. The molecule has 2 bridgehead atoms. The molecule has 2 aromatic rings. The summed E-state index contributed by atoms with van der Waals surface area (Å²) in [6.45, 7) is 1.78. The van der Waals surface area contributed by atoms with Crippen molar-refractivity contribution in [3.63, 3.8) is 0 Å². The number of pyridine rings is 2. The summed E-state index contributed by atoms with van der Waals surface area (Å²) >= 11 is 0. The van der Waals surface area contributed by atoms with Gasteiger partial charge in [-0.2, -0.15) is 0 Å². The normalized spacial score (nSPS) is 21.1. The predicted octanol–water partition coefficient (Wildman–Crippen LogP) is 2.99. The Morgan fingerprint density at radius 2 is 2.16 bits per heavy atom. The first-order valence-electron chi connectivity index (χ1n) is 7.93. The zero-order valence-electron chi connectivity index (χ0n) is 13.6. The molecule has 0 spiro atoms.